The van der Waals surface area contributed by atoms with Crippen LogP contribution in [0.1, 0.15) is 38.4 Å². The molecule has 1 aliphatic carbocycles. The number of aryl methyl sites for hydroxylation is 1. The molecule has 1 amide bonds. The molecule has 2 atom stereocenters. The molecule has 1 aliphatic rings. The number of aromatic nitrogens is 4. The summed E-state index contributed by atoms with van der Waals surface area (Å²) >= 11 is 0. The maximum atomic E-state index is 14.0. The van der Waals surface area contributed by atoms with Gasteiger partial charge in [-0.25, -0.2) is 4.39 Å². The SMILES string of the molecule is Cc1nnnn1-c1ccc(F)c(NC(=O)CN[C@@H]2CCCC[C@H]2C)c1. The van der Waals surface area contributed by atoms with Crippen LogP contribution in [0.3, 0.4) is 0 Å². The zero-order valence-corrected chi connectivity index (χ0v) is 14.5. The summed E-state index contributed by atoms with van der Waals surface area (Å²) < 4.78 is 15.5. The van der Waals surface area contributed by atoms with E-state index in [1.54, 1.807) is 13.0 Å². The van der Waals surface area contributed by atoms with Crippen LogP contribution in [-0.4, -0.2) is 38.7 Å². The third-order valence-electron chi connectivity index (χ3n) is 4.73. The van der Waals surface area contributed by atoms with Crippen molar-refractivity contribution in [3.05, 3.63) is 29.8 Å². The van der Waals surface area contributed by atoms with Gasteiger partial charge in [-0.05, 0) is 54.3 Å². The minimum absolute atomic E-state index is 0.121. The summed E-state index contributed by atoms with van der Waals surface area (Å²) in [4.78, 5) is 12.2. The predicted octanol–water partition coefficient (Wildman–Crippen LogP) is 2.22. The highest BCUT2D eigenvalue weighted by Crippen LogP contribution is 2.23. The highest BCUT2D eigenvalue weighted by atomic mass is 19.1. The number of amides is 1. The zero-order chi connectivity index (χ0) is 17.8. The van der Waals surface area contributed by atoms with Crippen molar-refractivity contribution in [2.24, 2.45) is 5.92 Å². The maximum absolute atomic E-state index is 14.0. The first-order chi connectivity index (χ1) is 12.0. The van der Waals surface area contributed by atoms with Crippen molar-refractivity contribution in [1.29, 1.82) is 0 Å². The molecule has 0 saturated heterocycles. The van der Waals surface area contributed by atoms with Gasteiger partial charge in [0, 0.05) is 6.04 Å². The number of carbonyl (C=O) groups is 1. The largest absolute Gasteiger partial charge is 0.322 e. The van der Waals surface area contributed by atoms with Gasteiger partial charge in [-0.1, -0.05) is 19.8 Å². The second kappa shape index (κ2) is 7.69. The highest BCUT2D eigenvalue weighted by molar-refractivity contribution is 5.92. The van der Waals surface area contributed by atoms with Crippen LogP contribution in [0.2, 0.25) is 0 Å². The molecule has 0 unspecified atom stereocenters. The summed E-state index contributed by atoms with van der Waals surface area (Å²) in [5, 5.41) is 17.1. The molecule has 1 aromatic carbocycles. The van der Waals surface area contributed by atoms with Gasteiger partial charge in [-0.2, -0.15) is 4.68 Å². The van der Waals surface area contributed by atoms with Crippen molar-refractivity contribution in [3.8, 4) is 5.69 Å². The smallest absolute Gasteiger partial charge is 0.238 e. The highest BCUT2D eigenvalue weighted by Gasteiger charge is 2.21. The molecule has 0 bridgehead atoms. The fourth-order valence-electron chi connectivity index (χ4n) is 3.25. The Labute approximate surface area is 146 Å². The number of nitrogens with one attached hydrogen (secondary N) is 2. The second-order valence-corrected chi connectivity index (χ2v) is 6.60. The molecule has 1 heterocycles. The molecule has 134 valence electrons. The van der Waals surface area contributed by atoms with Crippen LogP contribution in [0.25, 0.3) is 5.69 Å². The summed E-state index contributed by atoms with van der Waals surface area (Å²) in [6, 6.07) is 4.73. The van der Waals surface area contributed by atoms with Gasteiger partial charge in [0.2, 0.25) is 5.91 Å². The molecular weight excluding hydrogens is 323 g/mol. The van der Waals surface area contributed by atoms with E-state index in [2.05, 4.69) is 33.1 Å². The van der Waals surface area contributed by atoms with E-state index < -0.39 is 5.82 Å². The second-order valence-electron chi connectivity index (χ2n) is 6.60. The Hall–Kier alpha value is -2.35. The van der Waals surface area contributed by atoms with Gasteiger partial charge < -0.3 is 10.6 Å². The standard InChI is InChI=1S/C17H23FN6O/c1-11-5-3-4-6-15(11)19-10-17(25)20-16-9-13(7-8-14(16)18)24-12(2)21-22-23-24/h7-9,11,15,19H,3-6,10H2,1-2H3,(H,20,25)/t11-,15-/m1/s1. The molecule has 7 nitrogen and oxygen atoms in total. The lowest BCUT2D eigenvalue weighted by Crippen LogP contribution is -2.41. The number of carbonyl (C=O) groups excluding carboxylic acids is 1. The predicted molar refractivity (Wildman–Crippen MR) is 91.9 cm³/mol. The molecule has 8 heteroatoms. The number of halogens is 1. The van der Waals surface area contributed by atoms with Crippen LogP contribution >= 0.6 is 0 Å². The van der Waals surface area contributed by atoms with Gasteiger partial charge in [0.05, 0.1) is 17.9 Å². The normalized spacial score (nSPS) is 20.4. The van der Waals surface area contributed by atoms with E-state index in [9.17, 15) is 9.18 Å². The molecule has 2 aromatic rings. The van der Waals surface area contributed by atoms with Crippen LogP contribution in [0.15, 0.2) is 18.2 Å². The molecule has 1 fully saturated rings. The number of hydrogen-bond acceptors (Lipinski definition) is 5. The first kappa shape index (κ1) is 17.5. The van der Waals surface area contributed by atoms with Crippen molar-refractivity contribution < 1.29 is 9.18 Å². The Morgan fingerprint density at radius 1 is 1.36 bits per heavy atom. The first-order valence-electron chi connectivity index (χ1n) is 8.62. The number of rotatable bonds is 5. The molecule has 0 aliphatic heterocycles. The van der Waals surface area contributed by atoms with E-state index in [4.69, 9.17) is 0 Å². The van der Waals surface area contributed by atoms with Crippen LogP contribution in [0.4, 0.5) is 10.1 Å². The van der Waals surface area contributed by atoms with Gasteiger partial charge in [0.1, 0.15) is 5.82 Å². The number of anilines is 1. The molecule has 3 rings (SSSR count). The van der Waals surface area contributed by atoms with E-state index in [-0.39, 0.29) is 18.1 Å². The van der Waals surface area contributed by atoms with Gasteiger partial charge >= 0.3 is 0 Å². The maximum Gasteiger partial charge on any atom is 0.238 e. The monoisotopic (exact) mass is 346 g/mol. The molecule has 0 radical (unpaired) electrons. The summed E-state index contributed by atoms with van der Waals surface area (Å²) in [5.41, 5.74) is 0.712. The lowest BCUT2D eigenvalue weighted by atomic mass is 9.86. The van der Waals surface area contributed by atoms with Gasteiger partial charge in [-0.15, -0.1) is 5.10 Å². The van der Waals surface area contributed by atoms with Gasteiger partial charge in [0.25, 0.3) is 0 Å². The van der Waals surface area contributed by atoms with Crippen LogP contribution in [0, 0.1) is 18.7 Å². The third kappa shape index (κ3) is 4.19. The van der Waals surface area contributed by atoms with Crippen molar-refractivity contribution >= 4 is 11.6 Å². The summed E-state index contributed by atoms with van der Waals surface area (Å²) in [7, 11) is 0. The summed E-state index contributed by atoms with van der Waals surface area (Å²) in [6.07, 6.45) is 4.70. The van der Waals surface area contributed by atoms with E-state index in [0.29, 0.717) is 23.5 Å². The van der Waals surface area contributed by atoms with E-state index >= 15 is 0 Å². The lowest BCUT2D eigenvalue weighted by molar-refractivity contribution is -0.115. The first-order valence-corrected chi connectivity index (χ1v) is 8.62. The minimum atomic E-state index is -0.492. The number of tetrazole rings is 1. The van der Waals surface area contributed by atoms with E-state index in [1.165, 1.54) is 36.1 Å². The average Bonchev–Trinajstić information content (AvgIpc) is 3.02. The Balaban J connectivity index is 1.63. The van der Waals surface area contributed by atoms with Gasteiger partial charge in [-0.3, -0.25) is 4.79 Å². The Kier molecular flexibility index (Phi) is 5.37. The van der Waals surface area contributed by atoms with Crippen LogP contribution < -0.4 is 10.6 Å². The number of benzene rings is 1. The van der Waals surface area contributed by atoms with Crippen molar-refractivity contribution in [2.75, 3.05) is 11.9 Å². The van der Waals surface area contributed by atoms with Gasteiger partial charge in [0.15, 0.2) is 5.82 Å². The molecule has 1 aromatic heterocycles. The van der Waals surface area contributed by atoms with E-state index in [0.717, 1.165) is 6.42 Å². The van der Waals surface area contributed by atoms with Crippen molar-refractivity contribution in [2.45, 2.75) is 45.6 Å². The third-order valence-corrected chi connectivity index (χ3v) is 4.73. The molecule has 25 heavy (non-hydrogen) atoms. The number of nitrogens with zero attached hydrogens (tertiary/aromatic N) is 4. The summed E-state index contributed by atoms with van der Waals surface area (Å²) in [6.45, 7) is 4.12. The minimum Gasteiger partial charge on any atom is -0.322 e. The molecular formula is C17H23FN6O. The summed E-state index contributed by atoms with van der Waals surface area (Å²) in [5.74, 6) is 0.386. The lowest BCUT2D eigenvalue weighted by Gasteiger charge is -2.29. The van der Waals surface area contributed by atoms with Crippen molar-refractivity contribution in [1.82, 2.24) is 25.5 Å². The molecule has 1 saturated carbocycles. The topological polar surface area (TPSA) is 84.7 Å². The Morgan fingerprint density at radius 3 is 2.88 bits per heavy atom. The molecule has 0 spiro atoms. The number of hydrogen-bond donors (Lipinski definition) is 2. The van der Waals surface area contributed by atoms with E-state index in [1.807, 2.05) is 0 Å². The quantitative estimate of drug-likeness (QED) is 0.867. The van der Waals surface area contributed by atoms with Crippen LogP contribution in [-0.2, 0) is 4.79 Å². The zero-order valence-electron chi connectivity index (χ0n) is 14.5. The van der Waals surface area contributed by atoms with Crippen molar-refractivity contribution in [3.63, 3.8) is 0 Å². The fraction of sp³-hybridized carbons (Fsp3) is 0.529. The fourth-order valence-corrected chi connectivity index (χ4v) is 3.25. The van der Waals surface area contributed by atoms with Crippen LogP contribution in [0.5, 0.6) is 0 Å². The Bertz CT molecular complexity index is 746. The average molecular weight is 346 g/mol. The Morgan fingerprint density at radius 2 is 2.16 bits per heavy atom. The molecule has 2 N–H and O–H groups in total.